The second-order valence-electron chi connectivity index (χ2n) is 8.79. The number of hydrogen-bond donors (Lipinski definition) is 1. The molecule has 1 atom stereocenters. The number of amides is 1. The normalized spacial score (nSPS) is 12.6. The molecule has 4 rings (SSSR count). The van der Waals surface area contributed by atoms with Crippen LogP contribution in [0, 0.1) is 11.3 Å². The molecule has 0 radical (unpaired) electrons. The minimum atomic E-state index is -3.90. The fourth-order valence-electron chi connectivity index (χ4n) is 3.89. The van der Waals surface area contributed by atoms with Crippen LogP contribution in [0.25, 0.3) is 6.08 Å². The Bertz CT molecular complexity index is 1590. The predicted molar refractivity (Wildman–Crippen MR) is 150 cm³/mol. The Morgan fingerprint density at radius 1 is 0.974 bits per heavy atom. The second-order valence-corrected chi connectivity index (χ2v) is 11.2. The van der Waals surface area contributed by atoms with Crippen LogP contribution in [0.1, 0.15) is 35.6 Å². The van der Waals surface area contributed by atoms with E-state index in [4.69, 9.17) is 16.0 Å². The van der Waals surface area contributed by atoms with Gasteiger partial charge in [-0.05, 0) is 54.4 Å². The number of benzene rings is 3. The topological polar surface area (TPSA) is 103 Å². The molecule has 0 spiro atoms. The van der Waals surface area contributed by atoms with E-state index in [1.807, 2.05) is 73.7 Å². The second kappa shape index (κ2) is 12.6. The zero-order valence-electron chi connectivity index (χ0n) is 21.1. The molecule has 4 aromatic rings. The van der Waals surface area contributed by atoms with E-state index >= 15 is 0 Å². The number of nitrogens with zero attached hydrogens (tertiary/aromatic N) is 2. The SMILES string of the molecule is C[C@H](NC(=O)/C(C#N)=C\c1ccc(CN(Cc2ccccc2)S(=O)(=O)c2ccc(Cl)cc2)o1)c1ccccc1. The monoisotopic (exact) mass is 559 g/mol. The van der Waals surface area contributed by atoms with Crippen molar-refractivity contribution in [3.05, 3.63) is 130 Å². The van der Waals surface area contributed by atoms with Gasteiger partial charge in [0, 0.05) is 17.6 Å². The van der Waals surface area contributed by atoms with E-state index in [9.17, 15) is 18.5 Å². The van der Waals surface area contributed by atoms with Crippen molar-refractivity contribution in [2.24, 2.45) is 0 Å². The van der Waals surface area contributed by atoms with Crippen molar-refractivity contribution in [1.82, 2.24) is 9.62 Å². The molecule has 0 aliphatic heterocycles. The molecule has 9 heteroatoms. The Balaban J connectivity index is 1.55. The number of hydrogen-bond acceptors (Lipinski definition) is 5. The highest BCUT2D eigenvalue weighted by Crippen LogP contribution is 2.24. The van der Waals surface area contributed by atoms with Crippen molar-refractivity contribution in [3.8, 4) is 6.07 Å². The van der Waals surface area contributed by atoms with Gasteiger partial charge in [0.25, 0.3) is 5.91 Å². The minimum absolute atomic E-state index is 0.0627. The van der Waals surface area contributed by atoms with E-state index in [2.05, 4.69) is 5.32 Å². The van der Waals surface area contributed by atoms with Gasteiger partial charge >= 0.3 is 0 Å². The van der Waals surface area contributed by atoms with E-state index in [0.717, 1.165) is 11.1 Å². The van der Waals surface area contributed by atoms with Gasteiger partial charge < -0.3 is 9.73 Å². The van der Waals surface area contributed by atoms with Gasteiger partial charge in [0.1, 0.15) is 23.2 Å². The van der Waals surface area contributed by atoms with Crippen LogP contribution in [0.15, 0.2) is 112 Å². The van der Waals surface area contributed by atoms with Crippen molar-refractivity contribution in [3.63, 3.8) is 0 Å². The molecule has 1 N–H and O–H groups in total. The van der Waals surface area contributed by atoms with Crippen LogP contribution >= 0.6 is 11.6 Å². The van der Waals surface area contributed by atoms with Gasteiger partial charge in [-0.25, -0.2) is 8.42 Å². The molecule has 0 unspecified atom stereocenters. The lowest BCUT2D eigenvalue weighted by molar-refractivity contribution is -0.117. The maximum absolute atomic E-state index is 13.5. The average Bonchev–Trinajstić information content (AvgIpc) is 3.39. The molecule has 0 fully saturated rings. The molecule has 39 heavy (non-hydrogen) atoms. The van der Waals surface area contributed by atoms with Crippen molar-refractivity contribution >= 4 is 33.6 Å². The van der Waals surface area contributed by atoms with Crippen LogP contribution in [0.4, 0.5) is 0 Å². The molecule has 1 amide bonds. The lowest BCUT2D eigenvalue weighted by atomic mass is 10.1. The summed E-state index contributed by atoms with van der Waals surface area (Å²) in [5, 5.41) is 12.8. The molecule has 198 valence electrons. The summed E-state index contributed by atoms with van der Waals surface area (Å²) in [6.07, 6.45) is 1.34. The Morgan fingerprint density at radius 3 is 2.26 bits per heavy atom. The van der Waals surface area contributed by atoms with Gasteiger partial charge in [-0.2, -0.15) is 9.57 Å². The molecule has 0 saturated heterocycles. The molecular formula is C30H26ClN3O4S. The van der Waals surface area contributed by atoms with Gasteiger partial charge in [-0.1, -0.05) is 72.3 Å². The largest absolute Gasteiger partial charge is 0.460 e. The predicted octanol–water partition coefficient (Wildman–Crippen LogP) is 6.11. The molecule has 0 aliphatic rings. The van der Waals surface area contributed by atoms with Crippen LogP contribution in [0.3, 0.4) is 0 Å². The van der Waals surface area contributed by atoms with Crippen molar-refractivity contribution in [1.29, 1.82) is 5.26 Å². The number of sulfonamides is 1. The fraction of sp³-hybridized carbons (Fsp3) is 0.133. The quantitative estimate of drug-likeness (QED) is 0.186. The van der Waals surface area contributed by atoms with Gasteiger partial charge in [0.15, 0.2) is 0 Å². The highest BCUT2D eigenvalue weighted by molar-refractivity contribution is 7.89. The van der Waals surface area contributed by atoms with Crippen LogP contribution < -0.4 is 5.32 Å². The number of nitrogens with one attached hydrogen (secondary N) is 1. The first-order valence-corrected chi connectivity index (χ1v) is 13.9. The first kappa shape index (κ1) is 27.9. The van der Waals surface area contributed by atoms with E-state index in [1.54, 1.807) is 12.1 Å². The summed E-state index contributed by atoms with van der Waals surface area (Å²) in [6.45, 7) is 1.88. The van der Waals surface area contributed by atoms with Gasteiger partial charge in [0.05, 0.1) is 17.5 Å². The minimum Gasteiger partial charge on any atom is -0.460 e. The number of carbonyl (C=O) groups is 1. The molecule has 0 aliphatic carbocycles. The number of furan rings is 1. The van der Waals surface area contributed by atoms with Gasteiger partial charge in [-0.3, -0.25) is 4.79 Å². The van der Waals surface area contributed by atoms with Crippen LogP contribution in [-0.2, 0) is 27.9 Å². The van der Waals surface area contributed by atoms with Crippen molar-refractivity contribution in [2.75, 3.05) is 0 Å². The van der Waals surface area contributed by atoms with Crippen molar-refractivity contribution < 1.29 is 17.6 Å². The Morgan fingerprint density at radius 2 is 1.62 bits per heavy atom. The molecule has 1 aromatic heterocycles. The molecule has 3 aromatic carbocycles. The summed E-state index contributed by atoms with van der Waals surface area (Å²) in [5.74, 6) is 0.0699. The van der Waals surface area contributed by atoms with Crippen LogP contribution in [-0.4, -0.2) is 18.6 Å². The van der Waals surface area contributed by atoms with Crippen LogP contribution in [0.2, 0.25) is 5.02 Å². The number of carbonyl (C=O) groups excluding carboxylic acids is 1. The van der Waals surface area contributed by atoms with Crippen LogP contribution in [0.5, 0.6) is 0 Å². The summed E-state index contributed by atoms with van der Waals surface area (Å²) in [7, 11) is -3.90. The lowest BCUT2D eigenvalue weighted by Gasteiger charge is -2.21. The molecule has 0 saturated carbocycles. The number of halogens is 1. The smallest absolute Gasteiger partial charge is 0.262 e. The molecular weight excluding hydrogens is 534 g/mol. The number of rotatable bonds is 10. The van der Waals surface area contributed by atoms with E-state index in [0.29, 0.717) is 10.8 Å². The maximum atomic E-state index is 13.5. The summed E-state index contributed by atoms with van der Waals surface area (Å²) in [5.41, 5.74) is 1.58. The summed E-state index contributed by atoms with van der Waals surface area (Å²) < 4.78 is 34.2. The summed E-state index contributed by atoms with van der Waals surface area (Å²) in [4.78, 5) is 12.8. The van der Waals surface area contributed by atoms with Gasteiger partial charge in [0.2, 0.25) is 10.0 Å². The Kier molecular flexibility index (Phi) is 8.99. The summed E-state index contributed by atoms with van der Waals surface area (Å²) >= 11 is 5.96. The fourth-order valence-corrected chi connectivity index (χ4v) is 5.41. The number of nitriles is 1. The van der Waals surface area contributed by atoms with E-state index in [-0.39, 0.29) is 35.4 Å². The third kappa shape index (κ3) is 7.24. The Hall–Kier alpha value is -4.16. The third-order valence-electron chi connectivity index (χ3n) is 5.97. The van der Waals surface area contributed by atoms with Gasteiger partial charge in [-0.15, -0.1) is 0 Å². The zero-order valence-corrected chi connectivity index (χ0v) is 22.7. The highest BCUT2D eigenvalue weighted by Gasteiger charge is 2.26. The summed E-state index contributed by atoms with van der Waals surface area (Å²) in [6, 6.07) is 29.4. The molecule has 7 nitrogen and oxygen atoms in total. The maximum Gasteiger partial charge on any atom is 0.262 e. The zero-order chi connectivity index (χ0) is 27.8. The standard InChI is InChI=1S/C30H26ClN3O4S/c1-22(24-10-6-3-7-11-24)33-30(35)25(19-32)18-27-14-15-28(38-27)21-34(20-23-8-4-2-5-9-23)39(36,37)29-16-12-26(31)13-17-29/h2-18,22H,20-21H2,1H3,(H,33,35)/b25-18-/t22-/m0/s1. The lowest BCUT2D eigenvalue weighted by Crippen LogP contribution is -2.30. The van der Waals surface area contributed by atoms with E-state index in [1.165, 1.54) is 34.6 Å². The van der Waals surface area contributed by atoms with E-state index < -0.39 is 15.9 Å². The van der Waals surface area contributed by atoms with Crippen molar-refractivity contribution in [2.45, 2.75) is 31.0 Å². The first-order valence-electron chi connectivity index (χ1n) is 12.1. The highest BCUT2D eigenvalue weighted by atomic mass is 35.5. The first-order chi connectivity index (χ1) is 18.8. The Labute approximate surface area is 233 Å². The molecule has 1 heterocycles. The average molecular weight is 560 g/mol. The molecule has 0 bridgehead atoms. The third-order valence-corrected chi connectivity index (χ3v) is 8.02.